The van der Waals surface area contributed by atoms with E-state index in [9.17, 15) is 14.4 Å². The molecule has 3 aromatic rings. The summed E-state index contributed by atoms with van der Waals surface area (Å²) in [7, 11) is 0. The summed E-state index contributed by atoms with van der Waals surface area (Å²) in [4.78, 5) is 35.6. The lowest BCUT2D eigenvalue weighted by molar-refractivity contribution is -0.114. The van der Waals surface area contributed by atoms with Crippen LogP contribution in [-0.4, -0.2) is 24.3 Å². The van der Waals surface area contributed by atoms with Crippen LogP contribution in [0.3, 0.4) is 0 Å². The van der Waals surface area contributed by atoms with Gasteiger partial charge in [0.25, 0.3) is 11.8 Å². The topological polar surface area (TPSA) is 126 Å². The Hall–Kier alpha value is -4.07. The summed E-state index contributed by atoms with van der Waals surface area (Å²) in [6.45, 7) is -0.0390. The first-order valence-electron chi connectivity index (χ1n) is 8.40. The van der Waals surface area contributed by atoms with Gasteiger partial charge in [-0.3, -0.25) is 14.4 Å². The Balaban J connectivity index is 1.58. The third-order valence-corrected chi connectivity index (χ3v) is 3.79. The number of nitrogens with one attached hydrogen (secondary N) is 3. The summed E-state index contributed by atoms with van der Waals surface area (Å²) in [6, 6.07) is 16.6. The van der Waals surface area contributed by atoms with Gasteiger partial charge in [0.15, 0.2) is 5.76 Å². The highest BCUT2D eigenvalue weighted by molar-refractivity contribution is 6.04. The molecule has 1 heterocycles. The van der Waals surface area contributed by atoms with E-state index in [1.807, 2.05) is 0 Å². The lowest BCUT2D eigenvalue weighted by Crippen LogP contribution is -2.24. The Labute approximate surface area is 160 Å². The van der Waals surface area contributed by atoms with Crippen molar-refractivity contribution in [3.63, 3.8) is 0 Å². The Morgan fingerprint density at radius 3 is 2.43 bits per heavy atom. The third-order valence-electron chi connectivity index (χ3n) is 3.79. The molecule has 2 aromatic carbocycles. The van der Waals surface area contributed by atoms with Gasteiger partial charge < -0.3 is 26.1 Å². The van der Waals surface area contributed by atoms with Crippen LogP contribution in [0.1, 0.15) is 20.9 Å². The molecule has 142 valence electrons. The molecular weight excluding hydrogens is 360 g/mol. The van der Waals surface area contributed by atoms with Crippen LogP contribution in [0.4, 0.5) is 17.1 Å². The zero-order valence-electron chi connectivity index (χ0n) is 14.8. The van der Waals surface area contributed by atoms with Gasteiger partial charge in [0, 0.05) is 11.4 Å². The molecule has 0 saturated carbocycles. The highest BCUT2D eigenvalue weighted by Gasteiger charge is 2.11. The predicted molar refractivity (Wildman–Crippen MR) is 105 cm³/mol. The molecule has 28 heavy (non-hydrogen) atoms. The van der Waals surface area contributed by atoms with Crippen molar-refractivity contribution in [3.05, 3.63) is 78.3 Å². The van der Waals surface area contributed by atoms with Crippen LogP contribution in [0, 0.1) is 0 Å². The van der Waals surface area contributed by atoms with E-state index >= 15 is 0 Å². The maximum Gasteiger partial charge on any atom is 0.291 e. The van der Waals surface area contributed by atoms with Crippen molar-refractivity contribution < 1.29 is 18.8 Å². The minimum absolute atomic E-state index is 0.0390. The molecule has 0 aliphatic heterocycles. The summed E-state index contributed by atoms with van der Waals surface area (Å²) >= 11 is 0. The third kappa shape index (κ3) is 4.76. The molecule has 0 bridgehead atoms. The Bertz CT molecular complexity index is 999. The standard InChI is InChI=1S/C20H18N4O4/c21-19(26)15-7-1-2-8-16(15)24-18(25)12-22-13-5-3-6-14(11-13)23-20(27)17-9-4-10-28-17/h1-11,22H,12H2,(H2,21,26)(H,23,27)(H,24,25). The number of hydrogen-bond donors (Lipinski definition) is 4. The highest BCUT2D eigenvalue weighted by Crippen LogP contribution is 2.17. The molecule has 0 aliphatic carbocycles. The number of primary amides is 1. The quantitative estimate of drug-likeness (QED) is 0.503. The zero-order valence-corrected chi connectivity index (χ0v) is 14.8. The smallest absolute Gasteiger partial charge is 0.291 e. The molecule has 0 fully saturated rings. The molecule has 0 aliphatic rings. The zero-order chi connectivity index (χ0) is 19.9. The van der Waals surface area contributed by atoms with Crippen molar-refractivity contribution in [3.8, 4) is 0 Å². The second-order valence-electron chi connectivity index (χ2n) is 5.82. The summed E-state index contributed by atoms with van der Waals surface area (Å²) < 4.78 is 5.05. The maximum atomic E-state index is 12.2. The molecule has 3 rings (SSSR count). The molecule has 0 saturated heterocycles. The van der Waals surface area contributed by atoms with Gasteiger partial charge in [-0.1, -0.05) is 18.2 Å². The number of amides is 3. The number of nitrogens with two attached hydrogens (primary N) is 1. The van der Waals surface area contributed by atoms with Crippen LogP contribution in [0.25, 0.3) is 0 Å². The average molecular weight is 378 g/mol. The minimum Gasteiger partial charge on any atom is -0.459 e. The Kier molecular flexibility index (Phi) is 5.71. The van der Waals surface area contributed by atoms with Crippen LogP contribution < -0.4 is 21.7 Å². The normalized spacial score (nSPS) is 10.1. The van der Waals surface area contributed by atoms with E-state index in [2.05, 4.69) is 16.0 Å². The van der Waals surface area contributed by atoms with Gasteiger partial charge in [0.2, 0.25) is 5.91 Å². The van der Waals surface area contributed by atoms with Crippen molar-refractivity contribution in [2.75, 3.05) is 22.5 Å². The first kappa shape index (κ1) is 18.7. The van der Waals surface area contributed by atoms with Gasteiger partial charge in [-0.15, -0.1) is 0 Å². The summed E-state index contributed by atoms with van der Waals surface area (Å²) in [5, 5.41) is 8.31. The summed E-state index contributed by atoms with van der Waals surface area (Å²) in [6.07, 6.45) is 1.42. The fourth-order valence-corrected chi connectivity index (χ4v) is 2.49. The van der Waals surface area contributed by atoms with Crippen molar-refractivity contribution in [2.24, 2.45) is 5.73 Å². The van der Waals surface area contributed by atoms with Gasteiger partial charge in [-0.2, -0.15) is 0 Å². The number of rotatable bonds is 7. The lowest BCUT2D eigenvalue weighted by Gasteiger charge is -2.11. The van der Waals surface area contributed by atoms with Crippen molar-refractivity contribution >= 4 is 34.8 Å². The molecule has 1 aromatic heterocycles. The molecule has 8 nitrogen and oxygen atoms in total. The number of carbonyl (C=O) groups is 3. The number of hydrogen-bond acceptors (Lipinski definition) is 5. The first-order chi connectivity index (χ1) is 13.5. The molecule has 0 unspecified atom stereocenters. The summed E-state index contributed by atoms with van der Waals surface area (Å²) in [5.74, 6) is -1.14. The van der Waals surface area contributed by atoms with Crippen molar-refractivity contribution in [1.29, 1.82) is 0 Å². The largest absolute Gasteiger partial charge is 0.459 e. The molecular formula is C20H18N4O4. The Morgan fingerprint density at radius 2 is 1.68 bits per heavy atom. The predicted octanol–water partition coefficient (Wildman–Crippen LogP) is 2.68. The molecule has 8 heteroatoms. The second kappa shape index (κ2) is 8.54. The van der Waals surface area contributed by atoms with Crippen LogP contribution >= 0.6 is 0 Å². The van der Waals surface area contributed by atoms with Crippen LogP contribution in [-0.2, 0) is 4.79 Å². The molecule has 0 atom stereocenters. The van der Waals surface area contributed by atoms with Gasteiger partial charge in [0.1, 0.15) is 0 Å². The second-order valence-corrected chi connectivity index (χ2v) is 5.82. The number of benzene rings is 2. The van der Waals surface area contributed by atoms with E-state index in [1.54, 1.807) is 54.6 Å². The molecule has 3 amide bonds. The highest BCUT2D eigenvalue weighted by atomic mass is 16.3. The number of para-hydroxylation sites is 1. The SMILES string of the molecule is NC(=O)c1ccccc1NC(=O)CNc1cccc(NC(=O)c2ccco2)c1. The first-order valence-corrected chi connectivity index (χ1v) is 8.40. The van der Waals surface area contributed by atoms with E-state index in [0.29, 0.717) is 17.1 Å². The lowest BCUT2D eigenvalue weighted by atomic mass is 10.1. The number of furan rings is 1. The van der Waals surface area contributed by atoms with Crippen LogP contribution in [0.5, 0.6) is 0 Å². The van der Waals surface area contributed by atoms with Gasteiger partial charge in [-0.25, -0.2) is 0 Å². The van der Waals surface area contributed by atoms with E-state index in [1.165, 1.54) is 12.3 Å². The summed E-state index contributed by atoms with van der Waals surface area (Å²) in [5.41, 5.74) is 7.06. The molecule has 5 N–H and O–H groups in total. The molecule has 0 spiro atoms. The maximum absolute atomic E-state index is 12.2. The molecule has 0 radical (unpaired) electrons. The van der Waals surface area contributed by atoms with E-state index in [4.69, 9.17) is 10.2 Å². The number of anilines is 3. The van der Waals surface area contributed by atoms with Gasteiger partial charge in [-0.05, 0) is 42.5 Å². The number of carbonyl (C=O) groups excluding carboxylic acids is 3. The van der Waals surface area contributed by atoms with Crippen LogP contribution in [0.2, 0.25) is 0 Å². The minimum atomic E-state index is -0.621. The van der Waals surface area contributed by atoms with E-state index < -0.39 is 5.91 Å². The van der Waals surface area contributed by atoms with Crippen molar-refractivity contribution in [1.82, 2.24) is 0 Å². The average Bonchev–Trinajstić information content (AvgIpc) is 3.22. The van der Waals surface area contributed by atoms with Gasteiger partial charge >= 0.3 is 0 Å². The Morgan fingerprint density at radius 1 is 0.893 bits per heavy atom. The monoisotopic (exact) mass is 378 g/mol. The fraction of sp³-hybridized carbons (Fsp3) is 0.0500. The van der Waals surface area contributed by atoms with Gasteiger partial charge in [0.05, 0.1) is 24.1 Å². The van der Waals surface area contributed by atoms with Crippen molar-refractivity contribution in [2.45, 2.75) is 0 Å². The van der Waals surface area contributed by atoms with E-state index in [-0.39, 0.29) is 29.7 Å². The van der Waals surface area contributed by atoms with E-state index in [0.717, 1.165) is 0 Å². The fourth-order valence-electron chi connectivity index (χ4n) is 2.49. The van der Waals surface area contributed by atoms with Crippen LogP contribution in [0.15, 0.2) is 71.3 Å².